The number of benzene rings is 1. The molecule has 1 fully saturated rings. The van der Waals surface area contributed by atoms with Crippen LogP contribution >= 0.6 is 0 Å². The molecule has 3 rings (SSSR count). The summed E-state index contributed by atoms with van der Waals surface area (Å²) in [6, 6.07) is 9.11. The number of rotatable bonds is 9. The van der Waals surface area contributed by atoms with Crippen molar-refractivity contribution in [1.29, 1.82) is 0 Å². The van der Waals surface area contributed by atoms with Gasteiger partial charge in [0, 0.05) is 23.0 Å². The lowest BCUT2D eigenvalue weighted by Gasteiger charge is -2.10. The van der Waals surface area contributed by atoms with E-state index >= 15 is 0 Å². The molecule has 1 saturated carbocycles. The summed E-state index contributed by atoms with van der Waals surface area (Å²) in [5, 5.41) is 2.50. The van der Waals surface area contributed by atoms with E-state index in [4.69, 9.17) is 9.47 Å². The van der Waals surface area contributed by atoms with Gasteiger partial charge >= 0.3 is 5.97 Å². The lowest BCUT2D eigenvalue weighted by molar-refractivity contribution is -0.141. The first-order valence-corrected chi connectivity index (χ1v) is 9.79. The van der Waals surface area contributed by atoms with E-state index in [0.29, 0.717) is 29.5 Å². The highest BCUT2D eigenvalue weighted by molar-refractivity contribution is 6.00. The first-order chi connectivity index (χ1) is 13.9. The highest BCUT2D eigenvalue weighted by atomic mass is 16.5. The molecule has 1 N–H and O–H groups in total. The van der Waals surface area contributed by atoms with E-state index in [0.717, 1.165) is 24.2 Å². The number of para-hydroxylation sites is 1. The molecule has 0 atom stereocenters. The van der Waals surface area contributed by atoms with Crippen molar-refractivity contribution in [2.45, 2.75) is 39.7 Å². The van der Waals surface area contributed by atoms with E-state index in [1.165, 1.54) is 0 Å². The minimum atomic E-state index is -0.670. The first-order valence-electron chi connectivity index (χ1n) is 9.79. The van der Waals surface area contributed by atoms with E-state index in [9.17, 15) is 14.4 Å². The van der Waals surface area contributed by atoms with E-state index < -0.39 is 11.9 Å². The zero-order valence-corrected chi connectivity index (χ0v) is 17.0. The zero-order valence-electron chi connectivity index (χ0n) is 17.0. The summed E-state index contributed by atoms with van der Waals surface area (Å²) in [6.07, 6.45) is 2.26. The Labute approximate surface area is 170 Å². The predicted octanol–water partition coefficient (Wildman–Crippen LogP) is 2.99. The van der Waals surface area contributed by atoms with Crippen molar-refractivity contribution >= 4 is 17.7 Å². The van der Waals surface area contributed by atoms with Crippen LogP contribution in [0.15, 0.2) is 30.3 Å². The number of hydrogen-bond acceptors (Lipinski definition) is 5. The monoisotopic (exact) mass is 398 g/mol. The second-order valence-electron chi connectivity index (χ2n) is 7.08. The number of carbonyl (C=O) groups is 3. The quantitative estimate of drug-likeness (QED) is 0.518. The van der Waals surface area contributed by atoms with Crippen LogP contribution in [0.4, 0.5) is 0 Å². The van der Waals surface area contributed by atoms with Gasteiger partial charge < -0.3 is 19.4 Å². The largest absolute Gasteiger partial charge is 0.493 e. The molecular formula is C22H26N2O5. The van der Waals surface area contributed by atoms with Gasteiger partial charge in [0.05, 0.1) is 12.2 Å². The van der Waals surface area contributed by atoms with Gasteiger partial charge in [-0.25, -0.2) is 0 Å². The lowest BCUT2D eigenvalue weighted by Crippen LogP contribution is -2.31. The van der Waals surface area contributed by atoms with E-state index in [1.807, 2.05) is 26.8 Å². The average Bonchev–Trinajstić information content (AvgIpc) is 3.49. The second-order valence-corrected chi connectivity index (χ2v) is 7.08. The molecule has 0 unspecified atom stereocenters. The lowest BCUT2D eigenvalue weighted by atomic mass is 10.1. The van der Waals surface area contributed by atoms with E-state index in [1.54, 1.807) is 24.3 Å². The highest BCUT2D eigenvalue weighted by Gasteiger charge is 2.28. The first kappa shape index (κ1) is 20.6. The molecule has 0 aliphatic heterocycles. The Morgan fingerprint density at radius 3 is 2.55 bits per heavy atom. The number of nitrogens with one attached hydrogen (secondary N) is 1. The second kappa shape index (κ2) is 8.94. The summed E-state index contributed by atoms with van der Waals surface area (Å²) < 4.78 is 12.6. The Bertz CT molecular complexity index is 927. The fourth-order valence-corrected chi connectivity index (χ4v) is 3.41. The Hall–Kier alpha value is -3.09. The summed E-state index contributed by atoms with van der Waals surface area (Å²) >= 11 is 0. The number of carbonyl (C=O) groups excluding carboxylic acids is 3. The molecule has 7 heteroatoms. The van der Waals surface area contributed by atoms with Crippen LogP contribution in [0.5, 0.6) is 5.75 Å². The normalized spacial score (nSPS) is 13.1. The number of aromatic nitrogens is 1. The molecule has 1 aliphatic carbocycles. The van der Waals surface area contributed by atoms with Gasteiger partial charge in [-0.05, 0) is 51.8 Å². The van der Waals surface area contributed by atoms with Gasteiger partial charge in [-0.15, -0.1) is 0 Å². The minimum Gasteiger partial charge on any atom is -0.493 e. The van der Waals surface area contributed by atoms with Crippen molar-refractivity contribution in [3.05, 3.63) is 52.8 Å². The van der Waals surface area contributed by atoms with Crippen molar-refractivity contribution in [2.75, 3.05) is 19.8 Å². The molecule has 1 aromatic carbocycles. The molecule has 1 aliphatic rings. The van der Waals surface area contributed by atoms with Crippen molar-refractivity contribution in [2.24, 2.45) is 0 Å². The van der Waals surface area contributed by atoms with Gasteiger partial charge in [-0.3, -0.25) is 14.4 Å². The maximum absolute atomic E-state index is 12.5. The molecule has 1 aromatic heterocycles. The molecule has 29 heavy (non-hydrogen) atoms. The fraction of sp³-hybridized carbons (Fsp3) is 0.409. The third kappa shape index (κ3) is 4.85. The van der Waals surface area contributed by atoms with Crippen LogP contribution in [0.2, 0.25) is 0 Å². The summed E-state index contributed by atoms with van der Waals surface area (Å²) in [6.45, 7) is 5.47. The van der Waals surface area contributed by atoms with Crippen LogP contribution in [0.25, 0.3) is 0 Å². The molecule has 0 saturated heterocycles. The fourth-order valence-electron chi connectivity index (χ4n) is 3.41. The molecule has 2 aromatic rings. The average molecular weight is 398 g/mol. The third-order valence-electron chi connectivity index (χ3n) is 4.89. The highest BCUT2D eigenvalue weighted by Crippen LogP contribution is 2.38. The number of hydrogen-bond donors (Lipinski definition) is 1. The Kier molecular flexibility index (Phi) is 6.36. The van der Waals surface area contributed by atoms with Gasteiger partial charge in [-0.2, -0.15) is 0 Å². The van der Waals surface area contributed by atoms with Crippen molar-refractivity contribution in [3.8, 4) is 5.75 Å². The van der Waals surface area contributed by atoms with Crippen LogP contribution in [0, 0.1) is 13.8 Å². The van der Waals surface area contributed by atoms with Crippen LogP contribution in [-0.4, -0.2) is 42.0 Å². The zero-order chi connectivity index (χ0) is 21.0. The minimum absolute atomic E-state index is 0.244. The number of esters is 1. The van der Waals surface area contributed by atoms with E-state index in [-0.39, 0.29) is 18.9 Å². The Morgan fingerprint density at radius 2 is 1.86 bits per heavy atom. The molecule has 154 valence electrons. The number of ketones is 1. The smallest absolute Gasteiger partial charge is 0.325 e. The van der Waals surface area contributed by atoms with Gasteiger partial charge in [0.25, 0.3) is 5.91 Å². The maximum Gasteiger partial charge on any atom is 0.325 e. The molecule has 0 bridgehead atoms. The Morgan fingerprint density at radius 1 is 1.14 bits per heavy atom. The molecule has 0 spiro atoms. The van der Waals surface area contributed by atoms with Crippen LogP contribution < -0.4 is 10.1 Å². The summed E-state index contributed by atoms with van der Waals surface area (Å²) in [5.74, 6) is -0.907. The van der Waals surface area contributed by atoms with Gasteiger partial charge in [0.1, 0.15) is 12.3 Å². The predicted molar refractivity (Wildman–Crippen MR) is 107 cm³/mol. The van der Waals surface area contributed by atoms with Crippen molar-refractivity contribution < 1.29 is 23.9 Å². The van der Waals surface area contributed by atoms with Crippen LogP contribution in [0.1, 0.15) is 57.9 Å². The molecule has 7 nitrogen and oxygen atoms in total. The number of amides is 1. The van der Waals surface area contributed by atoms with Gasteiger partial charge in [0.2, 0.25) is 5.78 Å². The molecular weight excluding hydrogens is 372 g/mol. The number of Topliss-reactive ketones (excluding diaryl/α,β-unsaturated/α-hetero) is 1. The summed E-state index contributed by atoms with van der Waals surface area (Å²) in [7, 11) is 0. The van der Waals surface area contributed by atoms with Crippen LogP contribution in [-0.2, 0) is 9.53 Å². The third-order valence-corrected chi connectivity index (χ3v) is 4.89. The van der Waals surface area contributed by atoms with E-state index in [2.05, 4.69) is 9.88 Å². The summed E-state index contributed by atoms with van der Waals surface area (Å²) in [4.78, 5) is 36.7. The van der Waals surface area contributed by atoms with Gasteiger partial charge in [-0.1, -0.05) is 12.1 Å². The standard InChI is InChI=1S/C22H26N2O5/c1-4-28-20-8-6-5-7-17(20)22(27)23-12-21(26)29-13-19(25)18-11-14(2)24(15(18)3)16-9-10-16/h5-8,11,16H,4,9-10,12-13H2,1-3H3,(H,23,27). The maximum atomic E-state index is 12.5. The number of ether oxygens (including phenoxy) is 2. The van der Waals surface area contributed by atoms with Crippen molar-refractivity contribution in [3.63, 3.8) is 0 Å². The molecule has 0 radical (unpaired) electrons. The molecule has 1 amide bonds. The Balaban J connectivity index is 1.51. The van der Waals surface area contributed by atoms with Gasteiger partial charge in [0.15, 0.2) is 6.61 Å². The summed E-state index contributed by atoms with van der Waals surface area (Å²) in [5.41, 5.74) is 2.87. The van der Waals surface area contributed by atoms with Crippen molar-refractivity contribution in [1.82, 2.24) is 9.88 Å². The molecule has 1 heterocycles. The number of nitrogens with zero attached hydrogens (tertiary/aromatic N) is 1. The topological polar surface area (TPSA) is 86.6 Å². The van der Waals surface area contributed by atoms with Crippen LogP contribution in [0.3, 0.4) is 0 Å². The number of aryl methyl sites for hydroxylation is 1. The SMILES string of the molecule is CCOc1ccccc1C(=O)NCC(=O)OCC(=O)c1cc(C)n(C2CC2)c1C.